The number of rotatable bonds is 8. The van der Waals surface area contributed by atoms with E-state index < -0.39 is 5.82 Å². The van der Waals surface area contributed by atoms with E-state index in [9.17, 15) is 14.0 Å². The topological polar surface area (TPSA) is 87.7 Å². The number of thiophene rings is 1. The van der Waals surface area contributed by atoms with Gasteiger partial charge in [0.05, 0.1) is 23.6 Å². The molecule has 0 spiro atoms. The summed E-state index contributed by atoms with van der Waals surface area (Å²) in [7, 11) is 0. The van der Waals surface area contributed by atoms with Crippen LogP contribution in [0.1, 0.15) is 37.1 Å². The van der Waals surface area contributed by atoms with Gasteiger partial charge in [0.2, 0.25) is 0 Å². The van der Waals surface area contributed by atoms with Crippen LogP contribution in [0.5, 0.6) is 0 Å². The van der Waals surface area contributed by atoms with Crippen LogP contribution in [0.2, 0.25) is 5.02 Å². The predicted molar refractivity (Wildman–Crippen MR) is 158 cm³/mol. The van der Waals surface area contributed by atoms with Crippen molar-refractivity contribution in [3.63, 3.8) is 0 Å². The average Bonchev–Trinajstić information content (AvgIpc) is 3.32. The fraction of sp³-hybridized carbons (Fsp3) is 0.448. The van der Waals surface area contributed by atoms with Gasteiger partial charge >= 0.3 is 5.97 Å². The molecule has 0 atom stereocenters. The highest BCUT2D eigenvalue weighted by Gasteiger charge is 2.20. The van der Waals surface area contributed by atoms with Crippen LogP contribution in [0.4, 0.5) is 15.9 Å². The minimum atomic E-state index is -0.423. The number of ether oxygens (including phenoxy) is 1. The number of esters is 1. The third-order valence-corrected chi connectivity index (χ3v) is 8.26. The number of aromatic nitrogens is 2. The molecule has 3 heterocycles. The first-order chi connectivity index (χ1) is 19.3. The number of fused-ring (bicyclic) bond motifs is 3. The number of nitrogens with one attached hydrogen (secondary N) is 1. The number of aryl methyl sites for hydroxylation is 2. The molecule has 2 aromatic heterocycles. The number of halogens is 2. The fourth-order valence-corrected chi connectivity index (χ4v) is 6.19. The molecule has 2 aliphatic rings. The number of carbonyl (C=O) groups is 2. The molecule has 11 heteroatoms. The van der Waals surface area contributed by atoms with Crippen molar-refractivity contribution in [3.8, 4) is 0 Å². The summed E-state index contributed by atoms with van der Waals surface area (Å²) in [5.41, 5.74) is 2.09. The summed E-state index contributed by atoms with van der Waals surface area (Å²) in [5, 5.41) is 4.45. The van der Waals surface area contributed by atoms with Gasteiger partial charge < -0.3 is 10.1 Å². The molecule has 1 aliphatic carbocycles. The first kappa shape index (κ1) is 30.0. The number of benzene rings is 1. The van der Waals surface area contributed by atoms with Crippen LogP contribution in [0, 0.1) is 5.82 Å². The van der Waals surface area contributed by atoms with Crippen LogP contribution < -0.4 is 5.32 Å². The quantitative estimate of drug-likeness (QED) is 0.276. The highest BCUT2D eigenvalue weighted by atomic mass is 35.5. The van der Waals surface area contributed by atoms with Crippen LogP contribution in [0.25, 0.3) is 10.2 Å². The third-order valence-electron chi connectivity index (χ3n) is 6.77. The van der Waals surface area contributed by atoms with E-state index in [0.29, 0.717) is 13.2 Å². The van der Waals surface area contributed by atoms with Crippen LogP contribution in [-0.4, -0.2) is 77.4 Å². The second-order valence-electron chi connectivity index (χ2n) is 9.76. The molecule has 5 rings (SSSR count). The van der Waals surface area contributed by atoms with E-state index in [4.69, 9.17) is 16.3 Å². The lowest BCUT2D eigenvalue weighted by Crippen LogP contribution is -2.48. The second-order valence-corrected chi connectivity index (χ2v) is 11.3. The van der Waals surface area contributed by atoms with E-state index in [1.807, 2.05) is 13.0 Å². The van der Waals surface area contributed by atoms with Gasteiger partial charge in [-0.2, -0.15) is 0 Å². The van der Waals surface area contributed by atoms with Gasteiger partial charge in [0, 0.05) is 43.3 Å². The van der Waals surface area contributed by atoms with Crippen molar-refractivity contribution in [3.05, 3.63) is 58.0 Å². The molecule has 1 saturated heterocycles. The van der Waals surface area contributed by atoms with E-state index in [1.54, 1.807) is 42.8 Å². The third kappa shape index (κ3) is 8.30. The summed E-state index contributed by atoms with van der Waals surface area (Å²) in [6, 6.07) is 4.59. The Morgan fingerprint density at radius 2 is 1.90 bits per heavy atom. The summed E-state index contributed by atoms with van der Waals surface area (Å²) in [5.74, 6) is 0.276. The zero-order valence-electron chi connectivity index (χ0n) is 22.9. The zero-order valence-corrected chi connectivity index (χ0v) is 24.5. The minimum Gasteiger partial charge on any atom is -0.465 e. The molecule has 40 heavy (non-hydrogen) atoms. The number of carbonyl (C=O) groups excluding carboxylic acids is 2. The van der Waals surface area contributed by atoms with Crippen molar-refractivity contribution in [2.45, 2.75) is 39.5 Å². The standard InChI is InChI=1S/C16H13ClFN3S.C13H22N2O3/c17-11-7-9(5-6-12(11)18)21-15-14-10-3-1-2-4-13(10)22-16(14)20-8-19-15;1-3-18-13(17)11-15-9-7-14(8-10-15)6-4-5-12(2)16/h5-8H,1-4H2,(H,19,20,21);4-5H,3,6-11H2,1-2H3/b;5-4+. The molecule has 1 aliphatic heterocycles. The summed E-state index contributed by atoms with van der Waals surface area (Å²) in [6.07, 6.45) is 9.70. The monoisotopic (exact) mass is 587 g/mol. The zero-order chi connectivity index (χ0) is 28.5. The van der Waals surface area contributed by atoms with Crippen molar-refractivity contribution in [2.75, 3.05) is 51.2 Å². The van der Waals surface area contributed by atoms with Crippen molar-refractivity contribution in [1.29, 1.82) is 0 Å². The van der Waals surface area contributed by atoms with Crippen molar-refractivity contribution in [2.24, 2.45) is 0 Å². The van der Waals surface area contributed by atoms with Gasteiger partial charge in [-0.05, 0) is 69.4 Å². The fourth-order valence-electron chi connectivity index (χ4n) is 4.78. The Hall–Kier alpha value is -2.92. The largest absolute Gasteiger partial charge is 0.465 e. The van der Waals surface area contributed by atoms with Gasteiger partial charge in [0.1, 0.15) is 22.8 Å². The number of ketones is 1. The summed E-state index contributed by atoms with van der Waals surface area (Å²) >= 11 is 7.60. The van der Waals surface area contributed by atoms with E-state index in [0.717, 1.165) is 67.3 Å². The number of nitrogens with zero attached hydrogens (tertiary/aromatic N) is 4. The smallest absolute Gasteiger partial charge is 0.320 e. The molecule has 0 unspecified atom stereocenters. The van der Waals surface area contributed by atoms with Crippen LogP contribution in [-0.2, 0) is 27.2 Å². The van der Waals surface area contributed by atoms with Crippen LogP contribution in [0.15, 0.2) is 36.7 Å². The number of hydrogen-bond acceptors (Lipinski definition) is 9. The molecule has 1 N–H and O–H groups in total. The first-order valence-electron chi connectivity index (χ1n) is 13.6. The molecule has 0 saturated carbocycles. The maximum absolute atomic E-state index is 13.3. The van der Waals surface area contributed by atoms with Crippen molar-refractivity contribution in [1.82, 2.24) is 19.8 Å². The molecule has 1 aromatic carbocycles. The molecule has 8 nitrogen and oxygen atoms in total. The Kier molecular flexibility index (Phi) is 11.0. The van der Waals surface area contributed by atoms with E-state index in [1.165, 1.54) is 29.3 Å². The average molecular weight is 588 g/mol. The Balaban J connectivity index is 0.000000190. The lowest BCUT2D eigenvalue weighted by Gasteiger charge is -2.33. The molecule has 214 valence electrons. The summed E-state index contributed by atoms with van der Waals surface area (Å²) in [6.45, 7) is 8.56. The molecule has 0 amide bonds. The highest BCUT2D eigenvalue weighted by molar-refractivity contribution is 7.19. The Labute approximate surface area is 243 Å². The van der Waals surface area contributed by atoms with Crippen LogP contribution >= 0.6 is 22.9 Å². The maximum atomic E-state index is 13.3. The van der Waals surface area contributed by atoms with Crippen LogP contribution in [0.3, 0.4) is 0 Å². The highest BCUT2D eigenvalue weighted by Crippen LogP contribution is 2.39. The lowest BCUT2D eigenvalue weighted by molar-refractivity contribution is -0.144. The Morgan fingerprint density at radius 1 is 1.15 bits per heavy atom. The molecule has 1 fully saturated rings. The van der Waals surface area contributed by atoms with Crippen molar-refractivity contribution < 1.29 is 18.7 Å². The predicted octanol–water partition coefficient (Wildman–Crippen LogP) is 5.42. The number of anilines is 2. The number of piperazine rings is 1. The first-order valence-corrected chi connectivity index (χ1v) is 14.8. The lowest BCUT2D eigenvalue weighted by atomic mass is 9.97. The summed E-state index contributed by atoms with van der Waals surface area (Å²) in [4.78, 5) is 37.6. The molecule has 3 aromatic rings. The number of allylic oxidation sites excluding steroid dienone is 1. The van der Waals surface area contributed by atoms with Gasteiger partial charge in [-0.15, -0.1) is 11.3 Å². The van der Waals surface area contributed by atoms with Gasteiger partial charge in [0.25, 0.3) is 0 Å². The maximum Gasteiger partial charge on any atom is 0.320 e. The Morgan fingerprint density at radius 3 is 2.62 bits per heavy atom. The second kappa shape index (κ2) is 14.6. The molecule has 0 radical (unpaired) electrons. The molecular weight excluding hydrogens is 553 g/mol. The van der Waals surface area contributed by atoms with E-state index >= 15 is 0 Å². The summed E-state index contributed by atoms with van der Waals surface area (Å²) < 4.78 is 18.2. The van der Waals surface area contributed by atoms with Gasteiger partial charge in [-0.3, -0.25) is 19.4 Å². The SMILES string of the molecule is CCOC(=O)CN1CCN(C/C=C/C(C)=O)CC1.Fc1ccc(Nc2ncnc3sc4c(c23)CCCC4)cc1Cl. The van der Waals surface area contributed by atoms with Gasteiger partial charge in [0.15, 0.2) is 5.78 Å². The number of hydrogen-bond donors (Lipinski definition) is 1. The minimum absolute atomic E-state index is 0.0796. The van der Waals surface area contributed by atoms with Gasteiger partial charge in [-0.1, -0.05) is 17.7 Å². The Bertz CT molecular complexity index is 1360. The molecular formula is C29H35ClFN5O3S. The molecule has 0 bridgehead atoms. The van der Waals surface area contributed by atoms with E-state index in [-0.39, 0.29) is 16.8 Å². The van der Waals surface area contributed by atoms with Crippen molar-refractivity contribution >= 4 is 56.4 Å². The normalized spacial score (nSPS) is 15.9. The van der Waals surface area contributed by atoms with Gasteiger partial charge in [-0.25, -0.2) is 14.4 Å². The van der Waals surface area contributed by atoms with E-state index in [2.05, 4.69) is 25.1 Å².